The number of hydrogen-bond donors (Lipinski definition) is 0. The molecule has 0 aromatic carbocycles. The molecule has 0 radical (unpaired) electrons. The Morgan fingerprint density at radius 2 is 2.31 bits per heavy atom. The quantitative estimate of drug-likeness (QED) is 0.765. The third-order valence-corrected chi connectivity index (χ3v) is 3.65. The van der Waals surface area contributed by atoms with Crippen LogP contribution in [0.4, 0.5) is 0 Å². The maximum atomic E-state index is 11.2. The Kier molecular flexibility index (Phi) is 3.18. The van der Waals surface area contributed by atoms with Crippen molar-refractivity contribution in [3.8, 4) is 0 Å². The molecule has 0 spiro atoms. The SMILES string of the molecule is CCn1c(C2CCCO2)nnc1S(=O)(=O)Cl. The van der Waals surface area contributed by atoms with Crippen LogP contribution in [0, 0.1) is 0 Å². The van der Waals surface area contributed by atoms with E-state index in [0.717, 1.165) is 12.8 Å². The molecule has 6 nitrogen and oxygen atoms in total. The predicted molar refractivity (Wildman–Crippen MR) is 56.7 cm³/mol. The van der Waals surface area contributed by atoms with Crippen LogP contribution >= 0.6 is 10.7 Å². The van der Waals surface area contributed by atoms with Gasteiger partial charge in [0.2, 0.25) is 0 Å². The van der Waals surface area contributed by atoms with Crippen LogP contribution in [-0.2, 0) is 20.3 Å². The summed E-state index contributed by atoms with van der Waals surface area (Å²) in [6, 6.07) is 0. The summed E-state index contributed by atoms with van der Waals surface area (Å²) >= 11 is 0. The van der Waals surface area contributed by atoms with Crippen molar-refractivity contribution in [1.29, 1.82) is 0 Å². The first kappa shape index (κ1) is 11.8. The van der Waals surface area contributed by atoms with Crippen molar-refractivity contribution >= 4 is 19.7 Å². The van der Waals surface area contributed by atoms with Gasteiger partial charge in [-0.25, -0.2) is 8.42 Å². The number of aromatic nitrogens is 3. The van der Waals surface area contributed by atoms with Gasteiger partial charge in [-0.15, -0.1) is 10.2 Å². The van der Waals surface area contributed by atoms with E-state index in [4.69, 9.17) is 15.4 Å². The highest BCUT2D eigenvalue weighted by Crippen LogP contribution is 2.28. The van der Waals surface area contributed by atoms with E-state index in [-0.39, 0.29) is 11.3 Å². The normalized spacial score (nSPS) is 21.5. The summed E-state index contributed by atoms with van der Waals surface area (Å²) in [5.41, 5.74) is 0. The van der Waals surface area contributed by atoms with Crippen molar-refractivity contribution in [2.45, 2.75) is 37.6 Å². The number of rotatable bonds is 3. The van der Waals surface area contributed by atoms with Crippen LogP contribution in [0.2, 0.25) is 0 Å². The molecule has 2 heterocycles. The standard InChI is InChI=1S/C8H12ClN3O3S/c1-2-12-7(6-4-3-5-15-6)10-11-8(12)16(9,13)14/h6H,2-5H2,1H3. The van der Waals surface area contributed by atoms with Gasteiger partial charge in [-0.05, 0) is 19.8 Å². The van der Waals surface area contributed by atoms with E-state index in [1.807, 2.05) is 6.92 Å². The van der Waals surface area contributed by atoms with Crippen LogP contribution in [0.5, 0.6) is 0 Å². The third kappa shape index (κ3) is 2.07. The molecule has 1 saturated heterocycles. The van der Waals surface area contributed by atoms with Crippen LogP contribution < -0.4 is 0 Å². The molecule has 0 bridgehead atoms. The van der Waals surface area contributed by atoms with Crippen molar-refractivity contribution in [2.75, 3.05) is 6.61 Å². The first-order chi connectivity index (χ1) is 7.54. The second-order valence-corrected chi connectivity index (χ2v) is 5.98. The van der Waals surface area contributed by atoms with Crippen LogP contribution in [0.3, 0.4) is 0 Å². The van der Waals surface area contributed by atoms with Gasteiger partial charge < -0.3 is 4.74 Å². The highest BCUT2D eigenvalue weighted by atomic mass is 35.7. The molecule has 0 amide bonds. The minimum absolute atomic E-state index is 0.167. The van der Waals surface area contributed by atoms with Crippen LogP contribution in [0.25, 0.3) is 0 Å². The van der Waals surface area contributed by atoms with Gasteiger partial charge in [-0.2, -0.15) is 0 Å². The molecular formula is C8H12ClN3O3S. The predicted octanol–water partition coefficient (Wildman–Crippen LogP) is 1.08. The molecule has 1 unspecified atom stereocenters. The maximum absolute atomic E-state index is 11.2. The van der Waals surface area contributed by atoms with Gasteiger partial charge >= 0.3 is 0 Å². The van der Waals surface area contributed by atoms with Gasteiger partial charge in [0, 0.05) is 23.8 Å². The first-order valence-corrected chi connectivity index (χ1v) is 7.34. The second kappa shape index (κ2) is 4.31. The Morgan fingerprint density at radius 3 is 2.81 bits per heavy atom. The zero-order valence-electron chi connectivity index (χ0n) is 8.76. The Hall–Kier alpha value is -0.660. The zero-order chi connectivity index (χ0) is 11.8. The molecule has 8 heteroatoms. The number of ether oxygens (including phenoxy) is 1. The van der Waals surface area contributed by atoms with E-state index < -0.39 is 9.05 Å². The lowest BCUT2D eigenvalue weighted by Crippen LogP contribution is -2.11. The van der Waals surface area contributed by atoms with Gasteiger partial charge in [0.25, 0.3) is 14.2 Å². The van der Waals surface area contributed by atoms with Crippen LogP contribution in [-0.4, -0.2) is 29.8 Å². The smallest absolute Gasteiger partial charge is 0.296 e. The van der Waals surface area contributed by atoms with Crippen molar-refractivity contribution in [3.63, 3.8) is 0 Å². The van der Waals surface area contributed by atoms with Crippen molar-refractivity contribution < 1.29 is 13.2 Å². The second-order valence-electron chi connectivity index (χ2n) is 3.52. The summed E-state index contributed by atoms with van der Waals surface area (Å²) in [7, 11) is 1.42. The van der Waals surface area contributed by atoms with Gasteiger partial charge in [-0.3, -0.25) is 4.57 Å². The number of nitrogens with zero attached hydrogens (tertiary/aromatic N) is 3. The molecule has 16 heavy (non-hydrogen) atoms. The first-order valence-electron chi connectivity index (χ1n) is 5.03. The Morgan fingerprint density at radius 1 is 1.56 bits per heavy atom. The molecule has 0 aliphatic carbocycles. The molecule has 1 fully saturated rings. The third-order valence-electron chi connectivity index (χ3n) is 2.50. The molecule has 0 N–H and O–H groups in total. The molecular weight excluding hydrogens is 254 g/mol. The largest absolute Gasteiger partial charge is 0.370 e. The minimum Gasteiger partial charge on any atom is -0.370 e. The van der Waals surface area contributed by atoms with E-state index >= 15 is 0 Å². The number of halogens is 1. The zero-order valence-corrected chi connectivity index (χ0v) is 10.3. The molecule has 2 rings (SSSR count). The Labute approximate surface area is 98.0 Å². The Bertz CT molecular complexity index is 479. The van der Waals surface area contributed by atoms with Crippen molar-refractivity contribution in [3.05, 3.63) is 5.82 Å². The fraction of sp³-hybridized carbons (Fsp3) is 0.750. The topological polar surface area (TPSA) is 74.1 Å². The van der Waals surface area contributed by atoms with Gasteiger partial charge in [-0.1, -0.05) is 0 Å². The fourth-order valence-corrected chi connectivity index (χ4v) is 2.76. The van der Waals surface area contributed by atoms with Crippen LogP contribution in [0.15, 0.2) is 5.16 Å². The molecule has 0 saturated carbocycles. The summed E-state index contributed by atoms with van der Waals surface area (Å²) in [6.07, 6.45) is 1.62. The molecule has 1 aliphatic heterocycles. The summed E-state index contributed by atoms with van der Waals surface area (Å²) in [4.78, 5) is 0. The van der Waals surface area contributed by atoms with Crippen molar-refractivity contribution in [2.24, 2.45) is 0 Å². The lowest BCUT2D eigenvalue weighted by Gasteiger charge is -2.10. The average molecular weight is 266 g/mol. The summed E-state index contributed by atoms with van der Waals surface area (Å²) in [5, 5.41) is 7.27. The van der Waals surface area contributed by atoms with Gasteiger partial charge in [0.1, 0.15) is 6.10 Å². The molecule has 90 valence electrons. The Balaban J connectivity index is 2.44. The molecule has 1 atom stereocenters. The number of hydrogen-bond acceptors (Lipinski definition) is 5. The van der Waals surface area contributed by atoms with E-state index in [0.29, 0.717) is 19.0 Å². The fourth-order valence-electron chi connectivity index (χ4n) is 1.80. The molecule has 1 aromatic heterocycles. The maximum Gasteiger partial charge on any atom is 0.296 e. The lowest BCUT2D eigenvalue weighted by atomic mass is 10.2. The lowest BCUT2D eigenvalue weighted by molar-refractivity contribution is 0.101. The summed E-state index contributed by atoms with van der Waals surface area (Å²) in [5.74, 6) is 0.541. The molecule has 1 aliphatic rings. The van der Waals surface area contributed by atoms with Crippen LogP contribution in [0.1, 0.15) is 31.7 Å². The summed E-state index contributed by atoms with van der Waals surface area (Å²) in [6.45, 7) is 2.93. The van der Waals surface area contributed by atoms with E-state index in [1.165, 1.54) is 4.57 Å². The monoisotopic (exact) mass is 265 g/mol. The van der Waals surface area contributed by atoms with E-state index in [1.54, 1.807) is 0 Å². The highest BCUT2D eigenvalue weighted by Gasteiger charge is 2.28. The summed E-state index contributed by atoms with van der Waals surface area (Å²) < 4.78 is 29.4. The van der Waals surface area contributed by atoms with E-state index in [9.17, 15) is 8.42 Å². The average Bonchev–Trinajstić information content (AvgIpc) is 2.84. The van der Waals surface area contributed by atoms with Crippen molar-refractivity contribution in [1.82, 2.24) is 14.8 Å². The van der Waals surface area contributed by atoms with Gasteiger partial charge in [0.05, 0.1) is 0 Å². The molecule has 1 aromatic rings. The van der Waals surface area contributed by atoms with Gasteiger partial charge in [0.15, 0.2) is 5.82 Å². The highest BCUT2D eigenvalue weighted by molar-refractivity contribution is 8.13. The van der Waals surface area contributed by atoms with E-state index in [2.05, 4.69) is 10.2 Å². The minimum atomic E-state index is -3.85.